The van der Waals surface area contributed by atoms with Crippen molar-refractivity contribution in [3.63, 3.8) is 0 Å². The van der Waals surface area contributed by atoms with Crippen LogP contribution in [0, 0.1) is 10.1 Å². The van der Waals surface area contributed by atoms with Crippen molar-refractivity contribution in [1.29, 1.82) is 0 Å². The number of anilines is 1. The van der Waals surface area contributed by atoms with E-state index in [-0.39, 0.29) is 30.3 Å². The SMILES string of the molecule is O=C(Cn1cc(COC(=O)c2ccc([N+](=O)[O-])cc2)nn1)Nc1ccccc1. The number of hydrogen-bond acceptors (Lipinski definition) is 7. The molecule has 3 aromatic rings. The van der Waals surface area contributed by atoms with E-state index in [0.717, 1.165) is 0 Å². The lowest BCUT2D eigenvalue weighted by Crippen LogP contribution is -2.19. The molecular formula is C18H15N5O5. The van der Waals surface area contributed by atoms with Gasteiger partial charge >= 0.3 is 5.97 Å². The number of carbonyl (C=O) groups is 2. The summed E-state index contributed by atoms with van der Waals surface area (Å²) in [5, 5.41) is 21.0. The van der Waals surface area contributed by atoms with E-state index in [0.29, 0.717) is 11.4 Å². The number of non-ortho nitro benzene ring substituents is 1. The number of nitrogens with zero attached hydrogens (tertiary/aromatic N) is 4. The highest BCUT2D eigenvalue weighted by Crippen LogP contribution is 2.13. The minimum absolute atomic E-state index is 0.0435. The van der Waals surface area contributed by atoms with E-state index < -0.39 is 10.9 Å². The highest BCUT2D eigenvalue weighted by Gasteiger charge is 2.12. The van der Waals surface area contributed by atoms with Gasteiger partial charge in [-0.15, -0.1) is 5.10 Å². The molecule has 0 spiro atoms. The molecule has 1 heterocycles. The van der Waals surface area contributed by atoms with Gasteiger partial charge in [0, 0.05) is 17.8 Å². The zero-order valence-corrected chi connectivity index (χ0v) is 14.5. The Labute approximate surface area is 158 Å². The van der Waals surface area contributed by atoms with Crippen molar-refractivity contribution in [3.05, 3.63) is 82.2 Å². The minimum Gasteiger partial charge on any atom is -0.455 e. The minimum atomic E-state index is -0.647. The first-order valence-electron chi connectivity index (χ1n) is 8.17. The summed E-state index contributed by atoms with van der Waals surface area (Å²) < 4.78 is 6.43. The van der Waals surface area contributed by atoms with Crippen molar-refractivity contribution in [3.8, 4) is 0 Å². The predicted molar refractivity (Wildman–Crippen MR) is 97.3 cm³/mol. The van der Waals surface area contributed by atoms with Crippen molar-refractivity contribution in [2.24, 2.45) is 0 Å². The second kappa shape index (κ2) is 8.54. The second-order valence-electron chi connectivity index (χ2n) is 5.70. The smallest absolute Gasteiger partial charge is 0.338 e. The Bertz CT molecular complexity index is 985. The van der Waals surface area contributed by atoms with Crippen molar-refractivity contribution in [1.82, 2.24) is 15.0 Å². The number of nitro groups is 1. The Kier molecular flexibility index (Phi) is 5.70. The van der Waals surface area contributed by atoms with Crippen LogP contribution in [0.4, 0.5) is 11.4 Å². The van der Waals surface area contributed by atoms with Gasteiger partial charge in [-0.25, -0.2) is 9.48 Å². The van der Waals surface area contributed by atoms with Crippen molar-refractivity contribution < 1.29 is 19.2 Å². The topological polar surface area (TPSA) is 129 Å². The number of nitrogens with one attached hydrogen (secondary N) is 1. The third kappa shape index (κ3) is 4.97. The largest absolute Gasteiger partial charge is 0.455 e. The number of esters is 1. The third-order valence-electron chi connectivity index (χ3n) is 3.61. The number of hydrogen-bond donors (Lipinski definition) is 1. The van der Waals surface area contributed by atoms with E-state index in [2.05, 4.69) is 15.6 Å². The van der Waals surface area contributed by atoms with Gasteiger partial charge in [0.15, 0.2) is 0 Å². The molecule has 10 nitrogen and oxygen atoms in total. The Morgan fingerprint density at radius 3 is 2.50 bits per heavy atom. The van der Waals surface area contributed by atoms with Crippen LogP contribution in [0.1, 0.15) is 16.1 Å². The summed E-state index contributed by atoms with van der Waals surface area (Å²) in [7, 11) is 0. The molecule has 0 saturated carbocycles. The fraction of sp³-hybridized carbons (Fsp3) is 0.111. The molecular weight excluding hydrogens is 366 g/mol. The summed E-state index contributed by atoms with van der Waals surface area (Å²) in [6.45, 7) is -0.186. The molecule has 0 radical (unpaired) electrons. The fourth-order valence-electron chi connectivity index (χ4n) is 2.29. The molecule has 0 aliphatic rings. The molecule has 28 heavy (non-hydrogen) atoms. The highest BCUT2D eigenvalue weighted by atomic mass is 16.6. The van der Waals surface area contributed by atoms with Gasteiger partial charge in [0.2, 0.25) is 5.91 Å². The Morgan fingerprint density at radius 1 is 1.11 bits per heavy atom. The molecule has 1 aromatic heterocycles. The van der Waals surface area contributed by atoms with Gasteiger partial charge in [0.25, 0.3) is 5.69 Å². The molecule has 10 heteroatoms. The number of amides is 1. The highest BCUT2D eigenvalue weighted by molar-refractivity contribution is 5.90. The molecule has 0 unspecified atom stereocenters. The standard InChI is InChI=1S/C18H15N5O5/c24-17(19-14-4-2-1-3-5-14)11-22-10-15(20-21-22)12-28-18(25)13-6-8-16(9-7-13)23(26)27/h1-10H,11-12H2,(H,19,24). The first kappa shape index (κ1) is 18.7. The fourth-order valence-corrected chi connectivity index (χ4v) is 2.29. The molecule has 1 amide bonds. The summed E-state index contributed by atoms with van der Waals surface area (Å²) in [6.07, 6.45) is 1.49. The summed E-state index contributed by atoms with van der Waals surface area (Å²) >= 11 is 0. The quantitative estimate of drug-likeness (QED) is 0.377. The molecule has 1 N–H and O–H groups in total. The molecule has 0 fully saturated rings. The molecule has 2 aromatic carbocycles. The summed E-state index contributed by atoms with van der Waals surface area (Å²) in [4.78, 5) is 34.0. The van der Waals surface area contributed by atoms with E-state index in [1.54, 1.807) is 12.1 Å². The zero-order chi connectivity index (χ0) is 19.9. The third-order valence-corrected chi connectivity index (χ3v) is 3.61. The van der Waals surface area contributed by atoms with E-state index in [4.69, 9.17) is 4.74 Å². The molecule has 142 valence electrons. The van der Waals surface area contributed by atoms with Crippen molar-refractivity contribution in [2.45, 2.75) is 13.2 Å². The van der Waals surface area contributed by atoms with E-state index in [1.165, 1.54) is 35.1 Å². The molecule has 0 saturated heterocycles. The molecule has 0 aliphatic carbocycles. The lowest BCUT2D eigenvalue weighted by molar-refractivity contribution is -0.384. The summed E-state index contributed by atoms with van der Waals surface area (Å²) in [5.41, 5.74) is 1.10. The van der Waals surface area contributed by atoms with Crippen LogP contribution in [0.25, 0.3) is 0 Å². The number of rotatable bonds is 7. The molecule has 0 atom stereocenters. The lowest BCUT2D eigenvalue weighted by atomic mass is 10.2. The van der Waals surface area contributed by atoms with E-state index in [9.17, 15) is 19.7 Å². The summed E-state index contributed by atoms with van der Waals surface area (Å²) in [6, 6.07) is 14.1. The van der Waals surface area contributed by atoms with Crippen LogP contribution in [-0.4, -0.2) is 31.8 Å². The van der Waals surface area contributed by atoms with Crippen molar-refractivity contribution in [2.75, 3.05) is 5.32 Å². The Balaban J connectivity index is 1.50. The van der Waals surface area contributed by atoms with Gasteiger partial charge in [-0.3, -0.25) is 14.9 Å². The average molecular weight is 381 g/mol. The van der Waals surface area contributed by atoms with Crippen LogP contribution < -0.4 is 5.32 Å². The van der Waals surface area contributed by atoms with Gasteiger partial charge in [-0.1, -0.05) is 23.4 Å². The van der Waals surface area contributed by atoms with Gasteiger partial charge < -0.3 is 10.1 Å². The average Bonchev–Trinajstić information content (AvgIpc) is 3.14. The first-order valence-corrected chi connectivity index (χ1v) is 8.17. The van der Waals surface area contributed by atoms with Crippen LogP contribution in [0.2, 0.25) is 0 Å². The second-order valence-corrected chi connectivity index (χ2v) is 5.70. The van der Waals surface area contributed by atoms with Gasteiger partial charge in [0.1, 0.15) is 18.8 Å². The Hall–Kier alpha value is -4.08. The van der Waals surface area contributed by atoms with E-state index >= 15 is 0 Å². The van der Waals surface area contributed by atoms with Gasteiger partial charge in [-0.05, 0) is 24.3 Å². The van der Waals surface area contributed by atoms with Crippen LogP contribution in [0.3, 0.4) is 0 Å². The maximum absolute atomic E-state index is 12.0. The molecule has 0 bridgehead atoms. The zero-order valence-electron chi connectivity index (χ0n) is 14.5. The summed E-state index contributed by atoms with van der Waals surface area (Å²) in [5.74, 6) is -0.920. The van der Waals surface area contributed by atoms with Crippen LogP contribution in [-0.2, 0) is 22.7 Å². The lowest BCUT2D eigenvalue weighted by Gasteiger charge is -2.04. The monoisotopic (exact) mass is 381 g/mol. The normalized spacial score (nSPS) is 10.3. The van der Waals surface area contributed by atoms with E-state index in [1.807, 2.05) is 18.2 Å². The predicted octanol–water partition coefficient (Wildman–Crippen LogP) is 2.18. The maximum Gasteiger partial charge on any atom is 0.338 e. The number of para-hydroxylation sites is 1. The van der Waals surface area contributed by atoms with Gasteiger partial charge in [0.05, 0.1) is 16.7 Å². The molecule has 3 rings (SSSR count). The van der Waals surface area contributed by atoms with Crippen LogP contribution in [0.5, 0.6) is 0 Å². The number of carbonyl (C=O) groups excluding carboxylic acids is 2. The number of aromatic nitrogens is 3. The van der Waals surface area contributed by atoms with Crippen LogP contribution in [0.15, 0.2) is 60.8 Å². The molecule has 0 aliphatic heterocycles. The number of benzene rings is 2. The first-order chi connectivity index (χ1) is 13.5. The van der Waals surface area contributed by atoms with Crippen LogP contribution >= 0.6 is 0 Å². The van der Waals surface area contributed by atoms with Crippen molar-refractivity contribution >= 4 is 23.3 Å². The Morgan fingerprint density at radius 2 is 1.82 bits per heavy atom. The maximum atomic E-state index is 12.0. The number of nitro benzene ring substituents is 1. The van der Waals surface area contributed by atoms with Gasteiger partial charge in [-0.2, -0.15) is 0 Å². The number of ether oxygens (including phenoxy) is 1.